The highest BCUT2D eigenvalue weighted by atomic mass is 15.2. The molecule has 8 aromatic rings. The van der Waals surface area contributed by atoms with E-state index in [2.05, 4.69) is 146 Å². The van der Waals surface area contributed by atoms with E-state index in [0.717, 1.165) is 56.0 Å². The maximum Gasteiger partial charge on any atom is 0.0972 e. The quantitative estimate of drug-likeness (QED) is 0.185. The number of rotatable bonds is 4. The molecule has 4 heteroatoms. The van der Waals surface area contributed by atoms with Gasteiger partial charge in [-0.25, -0.2) is 15.0 Å². The van der Waals surface area contributed by atoms with Crippen molar-refractivity contribution in [2.24, 2.45) is 0 Å². The molecule has 0 atom stereocenters. The Morgan fingerprint density at radius 3 is 1.62 bits per heavy atom. The molecule has 4 heterocycles. The second-order valence-corrected chi connectivity index (χ2v) is 12.9. The van der Waals surface area contributed by atoms with Gasteiger partial charge in [0.1, 0.15) is 0 Å². The summed E-state index contributed by atoms with van der Waals surface area (Å²) in [7, 11) is 0. The number of benzene rings is 5. The van der Waals surface area contributed by atoms with Gasteiger partial charge in [0.2, 0.25) is 0 Å². The number of nitrogens with zero attached hydrogens (tertiary/aromatic N) is 4. The molecule has 3 aromatic heterocycles. The highest BCUT2D eigenvalue weighted by molar-refractivity contribution is 6.10. The van der Waals surface area contributed by atoms with Gasteiger partial charge < -0.3 is 4.90 Å². The molecule has 5 aromatic carbocycles. The Hall–Kier alpha value is -6.13. The summed E-state index contributed by atoms with van der Waals surface area (Å²) in [5.41, 5.74) is 12.4. The third-order valence-electron chi connectivity index (χ3n) is 9.67. The Kier molecular flexibility index (Phi) is 6.44. The summed E-state index contributed by atoms with van der Waals surface area (Å²) in [5, 5.41) is 3.41. The van der Waals surface area contributed by atoms with Crippen LogP contribution in [0.5, 0.6) is 0 Å². The smallest absolute Gasteiger partial charge is 0.0972 e. The lowest BCUT2D eigenvalue weighted by atomic mass is 9.73. The van der Waals surface area contributed by atoms with Gasteiger partial charge in [-0.3, -0.25) is 0 Å². The molecule has 228 valence electrons. The van der Waals surface area contributed by atoms with Crippen LogP contribution in [0, 0.1) is 0 Å². The minimum atomic E-state index is -0.0865. The molecule has 0 radical (unpaired) electrons. The number of hydrogen-bond donors (Lipinski definition) is 0. The molecule has 9 rings (SSSR count). The first-order valence-electron chi connectivity index (χ1n) is 16.4. The van der Waals surface area contributed by atoms with Crippen molar-refractivity contribution < 1.29 is 0 Å². The van der Waals surface area contributed by atoms with Crippen molar-refractivity contribution in [3.8, 4) is 34.0 Å². The van der Waals surface area contributed by atoms with Gasteiger partial charge in [0.25, 0.3) is 0 Å². The highest BCUT2D eigenvalue weighted by Gasteiger charge is 2.36. The van der Waals surface area contributed by atoms with Crippen LogP contribution >= 0.6 is 0 Å². The summed E-state index contributed by atoms with van der Waals surface area (Å²) < 4.78 is 0. The Morgan fingerprint density at radius 2 is 0.938 bits per heavy atom. The van der Waals surface area contributed by atoms with Crippen LogP contribution in [-0.4, -0.2) is 15.0 Å². The fraction of sp³-hybridized carbons (Fsp3) is 0.0682. The molecule has 1 aliphatic heterocycles. The van der Waals surface area contributed by atoms with E-state index in [9.17, 15) is 0 Å². The lowest BCUT2D eigenvalue weighted by Crippen LogP contribution is -2.30. The molecule has 0 unspecified atom stereocenters. The van der Waals surface area contributed by atoms with Crippen LogP contribution in [0.1, 0.15) is 25.0 Å². The third kappa shape index (κ3) is 4.49. The van der Waals surface area contributed by atoms with E-state index < -0.39 is 0 Å². The van der Waals surface area contributed by atoms with Crippen molar-refractivity contribution >= 4 is 38.7 Å². The molecule has 0 saturated carbocycles. The molecule has 0 fully saturated rings. The Labute approximate surface area is 280 Å². The second-order valence-electron chi connectivity index (χ2n) is 12.9. The SMILES string of the molecule is CC1(C)c2ccccc2N(c2ccc(-c3cccc(-c4cccc(-c5nc6ccccc6c6ccccc56)n4)n3)cc2)c2ccccc21. The molecule has 0 N–H and O–H groups in total. The normalized spacial score (nSPS) is 13.3. The number of anilines is 3. The van der Waals surface area contributed by atoms with Gasteiger partial charge in [-0.15, -0.1) is 0 Å². The molecule has 48 heavy (non-hydrogen) atoms. The van der Waals surface area contributed by atoms with Gasteiger partial charge in [-0.2, -0.15) is 0 Å². The Morgan fingerprint density at radius 1 is 0.417 bits per heavy atom. The molecule has 0 bridgehead atoms. The van der Waals surface area contributed by atoms with Gasteiger partial charge in [0, 0.05) is 27.4 Å². The summed E-state index contributed by atoms with van der Waals surface area (Å²) in [4.78, 5) is 17.6. The van der Waals surface area contributed by atoms with Gasteiger partial charge in [-0.05, 0) is 71.1 Å². The average Bonchev–Trinajstić information content (AvgIpc) is 3.15. The first kappa shape index (κ1) is 28.1. The molecule has 4 nitrogen and oxygen atoms in total. The topological polar surface area (TPSA) is 41.9 Å². The largest absolute Gasteiger partial charge is 0.310 e. The summed E-state index contributed by atoms with van der Waals surface area (Å²) >= 11 is 0. The maximum absolute atomic E-state index is 5.10. The highest BCUT2D eigenvalue weighted by Crippen LogP contribution is 2.51. The van der Waals surface area contributed by atoms with Crippen molar-refractivity contribution in [2.75, 3.05) is 4.90 Å². The minimum absolute atomic E-state index is 0.0865. The molecule has 0 saturated heterocycles. The summed E-state index contributed by atoms with van der Waals surface area (Å²) in [6.45, 7) is 4.63. The van der Waals surface area contributed by atoms with Crippen LogP contribution in [0.4, 0.5) is 17.1 Å². The third-order valence-corrected chi connectivity index (χ3v) is 9.67. The van der Waals surface area contributed by atoms with E-state index >= 15 is 0 Å². The zero-order valence-electron chi connectivity index (χ0n) is 26.8. The van der Waals surface area contributed by atoms with Crippen molar-refractivity contribution in [1.82, 2.24) is 15.0 Å². The fourth-order valence-corrected chi connectivity index (χ4v) is 7.28. The molecular formula is C44H32N4. The molecule has 1 aliphatic rings. The van der Waals surface area contributed by atoms with E-state index in [1.54, 1.807) is 0 Å². The van der Waals surface area contributed by atoms with Crippen LogP contribution in [0.15, 0.2) is 158 Å². The molecule has 0 aliphatic carbocycles. The predicted molar refractivity (Wildman–Crippen MR) is 198 cm³/mol. The number of pyridine rings is 3. The van der Waals surface area contributed by atoms with Gasteiger partial charge in [0.15, 0.2) is 0 Å². The van der Waals surface area contributed by atoms with Crippen molar-refractivity contribution in [3.63, 3.8) is 0 Å². The molecular weight excluding hydrogens is 585 g/mol. The number of aromatic nitrogens is 3. The van der Waals surface area contributed by atoms with E-state index in [0.29, 0.717) is 0 Å². The molecule has 0 amide bonds. The first-order chi connectivity index (χ1) is 23.6. The standard InChI is InChI=1S/C44H32N4/c1-44(2)34-16-6-9-23-41(34)48(42-24-10-7-17-35(42)44)30-27-25-29(26-28-30)36-19-11-20-38(45-36)39-21-12-22-40(46-39)43-33-15-4-3-13-31(33)32-14-5-8-18-37(32)47-43/h3-28H,1-2H3. The number of hydrogen-bond acceptors (Lipinski definition) is 4. The lowest BCUT2D eigenvalue weighted by molar-refractivity contribution is 0.632. The average molecular weight is 617 g/mol. The van der Waals surface area contributed by atoms with Gasteiger partial charge >= 0.3 is 0 Å². The minimum Gasteiger partial charge on any atom is -0.310 e. The fourth-order valence-electron chi connectivity index (χ4n) is 7.28. The second kappa shape index (κ2) is 11.0. The van der Waals surface area contributed by atoms with E-state index in [4.69, 9.17) is 15.0 Å². The monoisotopic (exact) mass is 616 g/mol. The Balaban J connectivity index is 1.08. The first-order valence-corrected chi connectivity index (χ1v) is 16.4. The van der Waals surface area contributed by atoms with Crippen LogP contribution < -0.4 is 4.90 Å². The summed E-state index contributed by atoms with van der Waals surface area (Å²) in [5.74, 6) is 0. The molecule has 0 spiro atoms. The van der Waals surface area contributed by atoms with Crippen molar-refractivity contribution in [2.45, 2.75) is 19.3 Å². The van der Waals surface area contributed by atoms with Gasteiger partial charge in [0.05, 0.1) is 45.4 Å². The number of fused-ring (bicyclic) bond motifs is 5. The van der Waals surface area contributed by atoms with E-state index in [1.165, 1.54) is 27.9 Å². The van der Waals surface area contributed by atoms with Crippen LogP contribution in [0.3, 0.4) is 0 Å². The lowest BCUT2D eigenvalue weighted by Gasteiger charge is -2.42. The van der Waals surface area contributed by atoms with E-state index in [-0.39, 0.29) is 5.41 Å². The van der Waals surface area contributed by atoms with Gasteiger partial charge in [-0.1, -0.05) is 117 Å². The Bertz CT molecular complexity index is 2450. The number of para-hydroxylation sites is 3. The zero-order chi connectivity index (χ0) is 32.2. The zero-order valence-corrected chi connectivity index (χ0v) is 26.8. The maximum atomic E-state index is 5.10. The summed E-state index contributed by atoms with van der Waals surface area (Å²) in [6, 6.07) is 55.2. The van der Waals surface area contributed by atoms with Crippen LogP contribution in [0.25, 0.3) is 55.7 Å². The van der Waals surface area contributed by atoms with E-state index in [1.807, 2.05) is 30.3 Å². The van der Waals surface area contributed by atoms with Crippen molar-refractivity contribution in [3.05, 3.63) is 169 Å². The predicted octanol–water partition coefficient (Wildman–Crippen LogP) is 11.3. The van der Waals surface area contributed by atoms with Crippen molar-refractivity contribution in [1.29, 1.82) is 0 Å². The summed E-state index contributed by atoms with van der Waals surface area (Å²) in [6.07, 6.45) is 0. The van der Waals surface area contributed by atoms with Crippen LogP contribution in [-0.2, 0) is 5.41 Å². The van der Waals surface area contributed by atoms with Crippen LogP contribution in [0.2, 0.25) is 0 Å².